The van der Waals surface area contributed by atoms with Crippen LogP contribution in [0.3, 0.4) is 0 Å². The number of ether oxygens (including phenoxy) is 2. The molecule has 2 aromatic rings. The van der Waals surface area contributed by atoms with Crippen LogP contribution in [0.15, 0.2) is 53.6 Å². The van der Waals surface area contributed by atoms with Gasteiger partial charge in [0.2, 0.25) is 5.91 Å². The van der Waals surface area contributed by atoms with E-state index in [9.17, 15) is 14.0 Å². The van der Waals surface area contributed by atoms with Gasteiger partial charge < -0.3 is 14.4 Å². The summed E-state index contributed by atoms with van der Waals surface area (Å²) >= 11 is 0. The van der Waals surface area contributed by atoms with Crippen molar-refractivity contribution in [3.8, 4) is 5.75 Å². The van der Waals surface area contributed by atoms with E-state index in [1.165, 1.54) is 36.2 Å². The Bertz CT molecular complexity index is 928. The molecule has 3 rings (SSSR count). The summed E-state index contributed by atoms with van der Waals surface area (Å²) in [5, 5.41) is 5.93. The van der Waals surface area contributed by atoms with Gasteiger partial charge in [0.1, 0.15) is 24.7 Å². The third-order valence-electron chi connectivity index (χ3n) is 4.91. The fraction of sp³-hybridized carbons (Fsp3) is 0.318. The average Bonchev–Trinajstić information content (AvgIpc) is 3.20. The van der Waals surface area contributed by atoms with Gasteiger partial charge in [-0.1, -0.05) is 12.1 Å². The lowest BCUT2D eigenvalue weighted by atomic mass is 9.98. The molecule has 0 saturated carbocycles. The number of hydrogen-bond donors (Lipinski definition) is 0. The number of carbonyl (C=O) groups excluding carboxylic acids is 2. The van der Waals surface area contributed by atoms with Crippen LogP contribution in [0.1, 0.15) is 23.6 Å². The molecule has 158 valence electrons. The first-order chi connectivity index (χ1) is 14.4. The van der Waals surface area contributed by atoms with Gasteiger partial charge in [0.15, 0.2) is 0 Å². The minimum absolute atomic E-state index is 0.106. The van der Waals surface area contributed by atoms with Crippen LogP contribution in [-0.4, -0.2) is 61.9 Å². The Balaban J connectivity index is 1.86. The highest BCUT2D eigenvalue weighted by molar-refractivity contribution is 6.03. The van der Waals surface area contributed by atoms with Crippen molar-refractivity contribution in [3.05, 3.63) is 65.5 Å². The van der Waals surface area contributed by atoms with Crippen LogP contribution in [0.25, 0.3) is 0 Å². The molecule has 0 saturated heterocycles. The van der Waals surface area contributed by atoms with Crippen LogP contribution in [0.4, 0.5) is 4.39 Å². The molecule has 0 aromatic heterocycles. The number of carbonyl (C=O) groups is 2. The highest BCUT2D eigenvalue weighted by atomic mass is 19.1. The number of rotatable bonds is 7. The number of amides is 2. The van der Waals surface area contributed by atoms with E-state index in [1.54, 1.807) is 19.2 Å². The number of benzene rings is 2. The monoisotopic (exact) mass is 413 g/mol. The van der Waals surface area contributed by atoms with Crippen LogP contribution < -0.4 is 4.74 Å². The molecule has 2 aromatic carbocycles. The first kappa shape index (κ1) is 21.4. The second-order valence-electron chi connectivity index (χ2n) is 6.97. The van der Waals surface area contributed by atoms with Crippen LogP contribution >= 0.6 is 0 Å². The zero-order valence-electron chi connectivity index (χ0n) is 17.2. The number of hydrogen-bond acceptors (Lipinski definition) is 5. The first-order valence-corrected chi connectivity index (χ1v) is 9.45. The molecular weight excluding hydrogens is 389 g/mol. The molecule has 1 aliphatic heterocycles. The normalized spacial score (nSPS) is 15.7. The summed E-state index contributed by atoms with van der Waals surface area (Å²) in [6.45, 7) is -0.245. The third-order valence-corrected chi connectivity index (χ3v) is 4.91. The topological polar surface area (TPSA) is 71.4 Å². The Morgan fingerprint density at radius 3 is 2.40 bits per heavy atom. The van der Waals surface area contributed by atoms with Crippen LogP contribution in [0.5, 0.6) is 5.75 Å². The smallest absolute Gasteiger partial charge is 0.262 e. The molecule has 30 heavy (non-hydrogen) atoms. The maximum absolute atomic E-state index is 13.4. The molecule has 0 bridgehead atoms. The Morgan fingerprint density at radius 1 is 1.13 bits per heavy atom. The average molecular weight is 413 g/mol. The predicted molar refractivity (Wildman–Crippen MR) is 110 cm³/mol. The van der Waals surface area contributed by atoms with Crippen molar-refractivity contribution in [2.75, 3.05) is 34.4 Å². The standard InChI is InChI=1S/C22H24FN3O4/c1-25(22(28)14-29-2)13-21(27)26-20(16-4-8-17(23)9-5-16)12-19(24-26)15-6-10-18(30-3)11-7-15/h4-11,20H,12-14H2,1-3H3/t20-/m0/s1. The maximum Gasteiger partial charge on any atom is 0.262 e. The van der Waals surface area contributed by atoms with Crippen molar-refractivity contribution in [2.24, 2.45) is 5.10 Å². The van der Waals surface area contributed by atoms with Gasteiger partial charge in [-0.2, -0.15) is 5.10 Å². The number of hydrazone groups is 1. The van der Waals surface area contributed by atoms with Crippen LogP contribution in [0.2, 0.25) is 0 Å². The Hall–Kier alpha value is -3.26. The van der Waals surface area contributed by atoms with Crippen molar-refractivity contribution in [1.82, 2.24) is 9.91 Å². The predicted octanol–water partition coefficient (Wildman–Crippen LogP) is 2.62. The second kappa shape index (κ2) is 9.49. The van der Waals surface area contributed by atoms with E-state index in [2.05, 4.69) is 5.10 Å². The molecule has 0 N–H and O–H groups in total. The van der Waals surface area contributed by atoms with Crippen LogP contribution in [-0.2, 0) is 14.3 Å². The van der Waals surface area contributed by atoms with Gasteiger partial charge in [-0.25, -0.2) is 9.40 Å². The summed E-state index contributed by atoms with van der Waals surface area (Å²) in [6.07, 6.45) is 0.472. The molecule has 2 amide bonds. The third kappa shape index (κ3) is 4.83. The Labute approximate surface area is 174 Å². The molecule has 8 heteroatoms. The van der Waals surface area contributed by atoms with Crippen LogP contribution in [0, 0.1) is 5.82 Å². The van der Waals surface area contributed by atoms with E-state index in [0.717, 1.165) is 22.6 Å². The van der Waals surface area contributed by atoms with Crippen molar-refractivity contribution < 1.29 is 23.5 Å². The second-order valence-corrected chi connectivity index (χ2v) is 6.97. The van der Waals surface area contributed by atoms with Crippen molar-refractivity contribution >= 4 is 17.5 Å². The first-order valence-electron chi connectivity index (χ1n) is 9.45. The van der Waals surface area contributed by atoms with E-state index in [4.69, 9.17) is 9.47 Å². The van der Waals surface area contributed by atoms with Crippen molar-refractivity contribution in [1.29, 1.82) is 0 Å². The van der Waals surface area contributed by atoms with Gasteiger partial charge >= 0.3 is 0 Å². The van der Waals surface area contributed by atoms with Gasteiger partial charge in [0, 0.05) is 20.6 Å². The van der Waals surface area contributed by atoms with Gasteiger partial charge in [-0.05, 0) is 47.5 Å². The van der Waals surface area contributed by atoms with E-state index >= 15 is 0 Å². The molecule has 0 fully saturated rings. The fourth-order valence-electron chi connectivity index (χ4n) is 3.24. The minimum atomic E-state index is -0.388. The molecule has 1 atom stereocenters. The lowest BCUT2D eigenvalue weighted by molar-refractivity contribution is -0.142. The molecule has 1 aliphatic rings. The summed E-state index contributed by atoms with van der Waals surface area (Å²) < 4.78 is 23.4. The molecule has 0 spiro atoms. The molecule has 0 unspecified atom stereocenters. The lowest BCUT2D eigenvalue weighted by Gasteiger charge is -2.24. The zero-order chi connectivity index (χ0) is 21.7. The molecule has 0 aliphatic carbocycles. The quantitative estimate of drug-likeness (QED) is 0.700. The summed E-state index contributed by atoms with van der Waals surface area (Å²) in [6, 6.07) is 13.0. The highest BCUT2D eigenvalue weighted by Crippen LogP contribution is 2.33. The summed E-state index contributed by atoms with van der Waals surface area (Å²) in [7, 11) is 4.55. The number of nitrogens with zero attached hydrogens (tertiary/aromatic N) is 3. The maximum atomic E-state index is 13.4. The van der Waals surface area contributed by atoms with Gasteiger partial charge in [-0.3, -0.25) is 9.59 Å². The van der Waals surface area contributed by atoms with Crippen molar-refractivity contribution in [3.63, 3.8) is 0 Å². The van der Waals surface area contributed by atoms with Gasteiger partial charge in [0.25, 0.3) is 5.91 Å². The number of likely N-dealkylation sites (N-methyl/N-ethyl adjacent to an activating group) is 1. The largest absolute Gasteiger partial charge is 0.497 e. The SMILES string of the molecule is COCC(=O)N(C)CC(=O)N1N=C(c2ccc(OC)cc2)C[C@H]1c1ccc(F)cc1. The summed E-state index contributed by atoms with van der Waals surface area (Å²) in [5.74, 6) is -0.267. The fourth-order valence-corrected chi connectivity index (χ4v) is 3.24. The minimum Gasteiger partial charge on any atom is -0.497 e. The van der Waals surface area contributed by atoms with E-state index in [1.807, 2.05) is 24.3 Å². The summed E-state index contributed by atoms with van der Waals surface area (Å²) in [5.41, 5.74) is 2.36. The van der Waals surface area contributed by atoms with E-state index in [0.29, 0.717) is 6.42 Å². The van der Waals surface area contributed by atoms with Crippen molar-refractivity contribution in [2.45, 2.75) is 12.5 Å². The number of halogens is 1. The van der Waals surface area contributed by atoms with E-state index < -0.39 is 0 Å². The summed E-state index contributed by atoms with van der Waals surface area (Å²) in [4.78, 5) is 26.3. The Kier molecular flexibility index (Phi) is 6.79. The zero-order valence-corrected chi connectivity index (χ0v) is 17.2. The molecule has 7 nitrogen and oxygen atoms in total. The number of methoxy groups -OCH3 is 2. The molecule has 1 heterocycles. The van der Waals surface area contributed by atoms with Gasteiger partial charge in [-0.15, -0.1) is 0 Å². The van der Waals surface area contributed by atoms with Gasteiger partial charge in [0.05, 0.1) is 18.9 Å². The molecule has 0 radical (unpaired) electrons. The highest BCUT2D eigenvalue weighted by Gasteiger charge is 2.33. The Morgan fingerprint density at radius 2 is 1.80 bits per heavy atom. The lowest BCUT2D eigenvalue weighted by Crippen LogP contribution is -2.40. The molecular formula is C22H24FN3O4. The van der Waals surface area contributed by atoms with E-state index in [-0.39, 0.29) is 36.8 Å².